The van der Waals surface area contributed by atoms with Crippen molar-refractivity contribution in [3.63, 3.8) is 0 Å². The molecule has 0 unspecified atom stereocenters. The summed E-state index contributed by atoms with van der Waals surface area (Å²) in [5, 5.41) is 4.26. The molecule has 0 aromatic heterocycles. The summed E-state index contributed by atoms with van der Waals surface area (Å²) >= 11 is 0. The van der Waals surface area contributed by atoms with Crippen LogP contribution < -0.4 is 10.6 Å². The quantitative estimate of drug-likeness (QED) is 0.575. The first kappa shape index (κ1) is 9.71. The van der Waals surface area contributed by atoms with E-state index in [-0.39, 0.29) is 0 Å². The second-order valence-electron chi connectivity index (χ2n) is 2.12. The van der Waals surface area contributed by atoms with Gasteiger partial charge in [0, 0.05) is 0 Å². The topological polar surface area (TPSA) is 24.1 Å². The molecule has 0 aliphatic heterocycles. The lowest BCUT2D eigenvalue weighted by molar-refractivity contribution is -0.197. The van der Waals surface area contributed by atoms with Gasteiger partial charge in [-0.05, 0) is 21.0 Å². The Kier molecular flexibility index (Phi) is 2.67. The van der Waals surface area contributed by atoms with E-state index in [0.717, 1.165) is 6.92 Å². The van der Waals surface area contributed by atoms with E-state index < -0.39 is 11.8 Å². The summed E-state index contributed by atoms with van der Waals surface area (Å²) in [7, 11) is 2.51. The van der Waals surface area contributed by atoms with Gasteiger partial charge in [-0.3, -0.25) is 10.6 Å². The average Bonchev–Trinajstić information content (AvgIpc) is 1.84. The second kappa shape index (κ2) is 2.75. The van der Waals surface area contributed by atoms with Crippen molar-refractivity contribution in [2.75, 3.05) is 14.1 Å². The number of halogens is 3. The smallest absolute Gasteiger partial charge is 0.295 e. The molecule has 0 aliphatic rings. The third kappa shape index (κ3) is 1.60. The van der Waals surface area contributed by atoms with Gasteiger partial charge in [-0.15, -0.1) is 0 Å². The molecule has 0 aliphatic carbocycles. The SMILES string of the molecule is CNC(C)(NC)C(F)(F)F. The first-order chi connectivity index (χ1) is 4.37. The molecule has 0 saturated carbocycles. The predicted molar refractivity (Wildman–Crippen MR) is 32.6 cm³/mol. The van der Waals surface area contributed by atoms with Crippen molar-refractivity contribution in [3.05, 3.63) is 0 Å². The van der Waals surface area contributed by atoms with Gasteiger partial charge in [0.2, 0.25) is 0 Å². The summed E-state index contributed by atoms with van der Waals surface area (Å²) in [6.07, 6.45) is -4.27. The van der Waals surface area contributed by atoms with Crippen LogP contribution in [0.1, 0.15) is 6.92 Å². The predicted octanol–water partition coefficient (Wildman–Crippen LogP) is 0.704. The normalized spacial score (nSPS) is 13.8. The Morgan fingerprint density at radius 3 is 1.30 bits per heavy atom. The van der Waals surface area contributed by atoms with Crippen molar-refractivity contribution >= 4 is 0 Å². The van der Waals surface area contributed by atoms with Gasteiger partial charge < -0.3 is 0 Å². The summed E-state index contributed by atoms with van der Waals surface area (Å²) in [5.74, 6) is 0. The zero-order valence-electron chi connectivity index (χ0n) is 6.13. The Hall–Kier alpha value is -0.290. The van der Waals surface area contributed by atoms with E-state index in [4.69, 9.17) is 0 Å². The van der Waals surface area contributed by atoms with Crippen molar-refractivity contribution in [2.45, 2.75) is 18.8 Å². The molecule has 0 radical (unpaired) electrons. The maximum Gasteiger partial charge on any atom is 0.419 e. The fraction of sp³-hybridized carbons (Fsp3) is 1.00. The molecule has 5 heteroatoms. The minimum absolute atomic E-state index is 1.03. The van der Waals surface area contributed by atoms with Crippen LogP contribution >= 0.6 is 0 Å². The molecule has 0 rings (SSSR count). The van der Waals surface area contributed by atoms with Gasteiger partial charge in [0.25, 0.3) is 0 Å². The van der Waals surface area contributed by atoms with E-state index in [1.54, 1.807) is 0 Å². The van der Waals surface area contributed by atoms with Crippen LogP contribution in [0.3, 0.4) is 0 Å². The van der Waals surface area contributed by atoms with E-state index in [1.807, 2.05) is 0 Å². The van der Waals surface area contributed by atoms with Crippen LogP contribution in [0.15, 0.2) is 0 Å². The molecular formula is C5H11F3N2. The zero-order chi connectivity index (χ0) is 8.41. The van der Waals surface area contributed by atoms with Crippen molar-refractivity contribution < 1.29 is 13.2 Å². The van der Waals surface area contributed by atoms with E-state index >= 15 is 0 Å². The molecule has 0 saturated heterocycles. The fourth-order valence-corrected chi connectivity index (χ4v) is 0.408. The first-order valence-electron chi connectivity index (χ1n) is 2.82. The largest absolute Gasteiger partial charge is 0.419 e. The van der Waals surface area contributed by atoms with Gasteiger partial charge in [0.05, 0.1) is 0 Å². The maximum atomic E-state index is 12.0. The molecule has 0 spiro atoms. The number of rotatable bonds is 2. The molecule has 0 heterocycles. The fourth-order valence-electron chi connectivity index (χ4n) is 0.408. The molecule has 0 fully saturated rings. The molecule has 0 aromatic carbocycles. The van der Waals surface area contributed by atoms with Crippen LogP contribution in [0, 0.1) is 0 Å². The van der Waals surface area contributed by atoms with Gasteiger partial charge in [0.15, 0.2) is 5.66 Å². The first-order valence-corrected chi connectivity index (χ1v) is 2.82. The third-order valence-electron chi connectivity index (χ3n) is 1.57. The summed E-state index contributed by atoms with van der Waals surface area (Å²) in [6, 6.07) is 0. The van der Waals surface area contributed by atoms with Crippen molar-refractivity contribution in [2.24, 2.45) is 0 Å². The number of hydrogen-bond donors (Lipinski definition) is 2. The number of hydrogen-bond acceptors (Lipinski definition) is 2. The third-order valence-corrected chi connectivity index (χ3v) is 1.57. The maximum absolute atomic E-state index is 12.0. The molecule has 0 amide bonds. The average molecular weight is 156 g/mol. The number of nitrogens with one attached hydrogen (secondary N) is 2. The highest BCUT2D eigenvalue weighted by Gasteiger charge is 2.49. The molecule has 2 N–H and O–H groups in total. The van der Waals surface area contributed by atoms with Crippen molar-refractivity contribution in [1.29, 1.82) is 0 Å². The highest BCUT2D eigenvalue weighted by Crippen LogP contribution is 2.26. The van der Waals surface area contributed by atoms with Gasteiger partial charge in [-0.25, -0.2) is 0 Å². The van der Waals surface area contributed by atoms with Gasteiger partial charge in [-0.1, -0.05) is 0 Å². The summed E-state index contributed by atoms with van der Waals surface area (Å²) in [4.78, 5) is 0. The summed E-state index contributed by atoms with van der Waals surface area (Å²) in [5.41, 5.74) is -1.98. The second-order valence-corrected chi connectivity index (χ2v) is 2.12. The Morgan fingerprint density at radius 2 is 1.30 bits per heavy atom. The zero-order valence-corrected chi connectivity index (χ0v) is 6.13. The van der Waals surface area contributed by atoms with Crippen LogP contribution in [0.2, 0.25) is 0 Å². The lowest BCUT2D eigenvalue weighted by Gasteiger charge is -2.30. The van der Waals surface area contributed by atoms with Crippen LogP contribution in [-0.4, -0.2) is 25.9 Å². The highest BCUT2D eigenvalue weighted by atomic mass is 19.4. The molecular weight excluding hydrogens is 145 g/mol. The van der Waals surface area contributed by atoms with Crippen molar-refractivity contribution in [1.82, 2.24) is 10.6 Å². The standard InChI is InChI=1S/C5H11F3N2/c1-4(9-2,10-3)5(6,7)8/h9-10H,1-3H3. The Labute approximate surface area is 57.8 Å². The highest BCUT2D eigenvalue weighted by molar-refractivity contribution is 4.84. The number of alkyl halides is 3. The molecule has 0 aromatic rings. The Bertz CT molecular complexity index is 106. The van der Waals surface area contributed by atoms with Crippen LogP contribution in [-0.2, 0) is 0 Å². The summed E-state index contributed by atoms with van der Waals surface area (Å²) < 4.78 is 35.9. The van der Waals surface area contributed by atoms with Crippen LogP contribution in [0.25, 0.3) is 0 Å². The van der Waals surface area contributed by atoms with Crippen LogP contribution in [0.4, 0.5) is 13.2 Å². The molecule has 0 atom stereocenters. The van der Waals surface area contributed by atoms with E-state index in [2.05, 4.69) is 10.6 Å². The van der Waals surface area contributed by atoms with E-state index in [1.165, 1.54) is 14.1 Å². The van der Waals surface area contributed by atoms with Crippen molar-refractivity contribution in [3.8, 4) is 0 Å². The molecule has 2 nitrogen and oxygen atoms in total. The Morgan fingerprint density at radius 1 is 1.00 bits per heavy atom. The van der Waals surface area contributed by atoms with E-state index in [9.17, 15) is 13.2 Å². The summed E-state index contributed by atoms with van der Waals surface area (Å²) in [6.45, 7) is 1.03. The minimum atomic E-state index is -4.27. The Balaban J connectivity index is 4.33. The van der Waals surface area contributed by atoms with Crippen LogP contribution in [0.5, 0.6) is 0 Å². The monoisotopic (exact) mass is 156 g/mol. The van der Waals surface area contributed by atoms with Gasteiger partial charge in [0.1, 0.15) is 0 Å². The van der Waals surface area contributed by atoms with E-state index in [0.29, 0.717) is 0 Å². The molecule has 0 bridgehead atoms. The van der Waals surface area contributed by atoms with Gasteiger partial charge in [-0.2, -0.15) is 13.2 Å². The van der Waals surface area contributed by atoms with Gasteiger partial charge >= 0.3 is 6.18 Å². The molecule has 62 valence electrons. The molecule has 10 heavy (non-hydrogen) atoms. The lowest BCUT2D eigenvalue weighted by Crippen LogP contribution is -2.61. The lowest BCUT2D eigenvalue weighted by atomic mass is 10.2. The minimum Gasteiger partial charge on any atom is -0.295 e.